The zero-order valence-corrected chi connectivity index (χ0v) is 18.9. The van der Waals surface area contributed by atoms with Gasteiger partial charge in [0, 0.05) is 34.4 Å². The molecule has 0 aliphatic rings. The third kappa shape index (κ3) is 4.97. The Morgan fingerprint density at radius 1 is 1.09 bits per heavy atom. The molecule has 4 aromatic rings. The van der Waals surface area contributed by atoms with E-state index in [1.54, 1.807) is 24.4 Å². The van der Waals surface area contributed by atoms with Crippen LogP contribution in [-0.4, -0.2) is 29.5 Å². The number of hydrogen-bond donors (Lipinski definition) is 1. The summed E-state index contributed by atoms with van der Waals surface area (Å²) >= 11 is 7.21. The lowest BCUT2D eigenvalue weighted by atomic mass is 10.2. The Bertz CT molecular complexity index is 1370. The Morgan fingerprint density at radius 2 is 1.84 bits per heavy atom. The Hall–Kier alpha value is -2.85. The first-order valence-electron chi connectivity index (χ1n) is 9.46. The van der Waals surface area contributed by atoms with E-state index in [9.17, 15) is 17.6 Å². The molecule has 32 heavy (non-hydrogen) atoms. The minimum Gasteiger partial charge on any atom is -0.325 e. The van der Waals surface area contributed by atoms with Crippen molar-refractivity contribution in [2.75, 3.05) is 11.9 Å². The number of rotatable bonds is 7. The molecule has 1 amide bonds. The van der Waals surface area contributed by atoms with Crippen LogP contribution in [0.15, 0.2) is 77.8 Å². The van der Waals surface area contributed by atoms with Gasteiger partial charge < -0.3 is 5.32 Å². The van der Waals surface area contributed by atoms with Gasteiger partial charge in [-0.15, -0.1) is 0 Å². The van der Waals surface area contributed by atoms with Crippen LogP contribution in [0.3, 0.4) is 0 Å². The van der Waals surface area contributed by atoms with Gasteiger partial charge in [0.25, 0.3) is 0 Å². The van der Waals surface area contributed by atoms with Crippen LogP contribution in [0.4, 0.5) is 10.1 Å². The zero-order chi connectivity index (χ0) is 22.7. The molecule has 0 unspecified atom stereocenters. The molecule has 0 saturated carbocycles. The number of amides is 1. The first-order chi connectivity index (χ1) is 15.3. The van der Waals surface area contributed by atoms with E-state index in [4.69, 9.17) is 11.6 Å². The van der Waals surface area contributed by atoms with Crippen LogP contribution in [0, 0.1) is 5.82 Å². The van der Waals surface area contributed by atoms with Crippen molar-refractivity contribution >= 4 is 54.8 Å². The maximum absolute atomic E-state index is 14.3. The molecule has 0 aliphatic carbocycles. The summed E-state index contributed by atoms with van der Waals surface area (Å²) in [5, 5.41) is 3.95. The minimum atomic E-state index is -4.11. The fraction of sp³-hybridized carbons (Fsp3) is 0.0909. The number of benzene rings is 3. The van der Waals surface area contributed by atoms with Gasteiger partial charge in [-0.2, -0.15) is 8.68 Å². The molecule has 0 bridgehead atoms. The highest BCUT2D eigenvalue weighted by molar-refractivity contribution is 7.89. The Balaban J connectivity index is 1.61. The third-order valence-corrected chi connectivity index (χ3v) is 7.55. The van der Waals surface area contributed by atoms with Crippen molar-refractivity contribution in [1.82, 2.24) is 8.68 Å². The first-order valence-corrected chi connectivity index (χ1v) is 12.1. The van der Waals surface area contributed by atoms with Gasteiger partial charge in [-0.1, -0.05) is 29.8 Å². The van der Waals surface area contributed by atoms with Gasteiger partial charge >= 0.3 is 0 Å². The molecule has 0 atom stereocenters. The number of halogens is 2. The summed E-state index contributed by atoms with van der Waals surface area (Å²) in [5.74, 6) is -1.11. The number of nitrogens with zero attached hydrogens (tertiary/aromatic N) is 2. The number of carbonyl (C=O) groups excluding carboxylic acids is 1. The molecule has 0 fully saturated rings. The van der Waals surface area contributed by atoms with E-state index in [0.29, 0.717) is 10.7 Å². The summed E-state index contributed by atoms with van der Waals surface area (Å²) in [7, 11) is -4.11. The van der Waals surface area contributed by atoms with E-state index >= 15 is 0 Å². The molecule has 0 spiro atoms. The molecule has 0 aliphatic heterocycles. The lowest BCUT2D eigenvalue weighted by molar-refractivity contribution is -0.116. The summed E-state index contributed by atoms with van der Waals surface area (Å²) in [4.78, 5) is 12.7. The van der Waals surface area contributed by atoms with E-state index in [-0.39, 0.29) is 17.0 Å². The van der Waals surface area contributed by atoms with E-state index in [0.717, 1.165) is 14.4 Å². The molecule has 0 saturated heterocycles. The molecule has 10 heteroatoms. The van der Waals surface area contributed by atoms with E-state index in [1.165, 1.54) is 54.0 Å². The Labute approximate surface area is 193 Å². The van der Waals surface area contributed by atoms with Crippen LogP contribution in [0.1, 0.15) is 5.56 Å². The van der Waals surface area contributed by atoms with Gasteiger partial charge in [-0.05, 0) is 60.1 Å². The Kier molecular flexibility index (Phi) is 6.52. The van der Waals surface area contributed by atoms with Gasteiger partial charge in [0.15, 0.2) is 0 Å². The SMILES string of the molecule is O=C(CN(Cc1ccccc1F)S(=O)(=O)c1ccc(Cl)cc1)Nc1ccc2sncc2c1. The van der Waals surface area contributed by atoms with Crippen molar-refractivity contribution < 1.29 is 17.6 Å². The van der Waals surface area contributed by atoms with Crippen molar-refractivity contribution in [3.8, 4) is 0 Å². The van der Waals surface area contributed by atoms with Crippen molar-refractivity contribution in [2.24, 2.45) is 0 Å². The maximum atomic E-state index is 14.3. The van der Waals surface area contributed by atoms with E-state index < -0.39 is 28.3 Å². The summed E-state index contributed by atoms with van der Waals surface area (Å²) in [6.45, 7) is -0.808. The van der Waals surface area contributed by atoms with Gasteiger partial charge in [0.1, 0.15) is 5.82 Å². The van der Waals surface area contributed by atoms with Gasteiger partial charge in [-0.3, -0.25) is 4.79 Å². The van der Waals surface area contributed by atoms with Gasteiger partial charge in [0.2, 0.25) is 15.9 Å². The molecular formula is C22H17ClFN3O3S2. The molecule has 1 N–H and O–H groups in total. The number of aromatic nitrogens is 1. The summed E-state index contributed by atoms with van der Waals surface area (Å²) in [6.07, 6.45) is 1.69. The number of sulfonamides is 1. The maximum Gasteiger partial charge on any atom is 0.243 e. The highest BCUT2D eigenvalue weighted by Gasteiger charge is 2.28. The van der Waals surface area contributed by atoms with Crippen molar-refractivity contribution in [3.63, 3.8) is 0 Å². The molecule has 1 aromatic heterocycles. The predicted octanol–water partition coefficient (Wildman–Crippen LogP) is 4.92. The fourth-order valence-electron chi connectivity index (χ4n) is 3.11. The number of anilines is 1. The molecular weight excluding hydrogens is 473 g/mol. The second kappa shape index (κ2) is 9.33. The fourth-order valence-corrected chi connectivity index (χ4v) is 5.24. The molecule has 3 aromatic carbocycles. The summed E-state index contributed by atoms with van der Waals surface area (Å²) in [6, 6.07) is 16.7. The van der Waals surface area contributed by atoms with Crippen LogP contribution in [0.25, 0.3) is 10.1 Å². The first kappa shape index (κ1) is 22.3. The lowest BCUT2D eigenvalue weighted by Gasteiger charge is -2.22. The van der Waals surface area contributed by atoms with Crippen LogP contribution < -0.4 is 5.32 Å². The number of carbonyl (C=O) groups is 1. The van der Waals surface area contributed by atoms with E-state index in [1.807, 2.05) is 6.07 Å². The average Bonchev–Trinajstić information content (AvgIpc) is 3.23. The lowest BCUT2D eigenvalue weighted by Crippen LogP contribution is -2.37. The van der Waals surface area contributed by atoms with Crippen LogP contribution in [0.5, 0.6) is 0 Å². The average molecular weight is 490 g/mol. The molecule has 1 heterocycles. The highest BCUT2D eigenvalue weighted by Crippen LogP contribution is 2.24. The summed E-state index contributed by atoms with van der Waals surface area (Å²) < 4.78 is 46.8. The van der Waals surface area contributed by atoms with Crippen molar-refractivity contribution in [2.45, 2.75) is 11.4 Å². The number of hydrogen-bond acceptors (Lipinski definition) is 5. The second-order valence-electron chi connectivity index (χ2n) is 6.95. The van der Waals surface area contributed by atoms with Crippen LogP contribution in [0.2, 0.25) is 5.02 Å². The molecule has 4 rings (SSSR count). The predicted molar refractivity (Wildman–Crippen MR) is 124 cm³/mol. The van der Waals surface area contributed by atoms with Gasteiger partial charge in [-0.25, -0.2) is 12.8 Å². The minimum absolute atomic E-state index is 0.0446. The Morgan fingerprint density at radius 3 is 2.59 bits per heavy atom. The number of fused-ring (bicyclic) bond motifs is 1. The van der Waals surface area contributed by atoms with Crippen molar-refractivity contribution in [3.05, 3.63) is 89.3 Å². The highest BCUT2D eigenvalue weighted by atomic mass is 35.5. The third-order valence-electron chi connectivity index (χ3n) is 4.71. The van der Waals surface area contributed by atoms with Crippen molar-refractivity contribution in [1.29, 1.82) is 0 Å². The second-order valence-corrected chi connectivity index (χ2v) is 10.2. The standard InChI is InChI=1S/C22H17ClFN3O3S2/c23-17-5-8-19(9-6-17)32(29,30)27(13-15-3-1-2-4-20(15)24)14-22(28)26-18-7-10-21-16(11-18)12-25-31-21/h1-12H,13-14H2,(H,26,28). The normalized spacial score (nSPS) is 11.7. The number of nitrogens with one attached hydrogen (secondary N) is 1. The van der Waals surface area contributed by atoms with Crippen LogP contribution >= 0.6 is 23.1 Å². The topological polar surface area (TPSA) is 79.4 Å². The monoisotopic (exact) mass is 489 g/mol. The molecule has 0 radical (unpaired) electrons. The quantitative estimate of drug-likeness (QED) is 0.399. The zero-order valence-electron chi connectivity index (χ0n) is 16.5. The molecule has 6 nitrogen and oxygen atoms in total. The van der Waals surface area contributed by atoms with Crippen LogP contribution in [-0.2, 0) is 21.4 Å². The molecule has 164 valence electrons. The largest absolute Gasteiger partial charge is 0.325 e. The van der Waals surface area contributed by atoms with E-state index in [2.05, 4.69) is 9.69 Å². The van der Waals surface area contributed by atoms with Gasteiger partial charge in [0.05, 0.1) is 16.1 Å². The summed E-state index contributed by atoms with van der Waals surface area (Å²) in [5.41, 5.74) is 0.668. The smallest absolute Gasteiger partial charge is 0.243 e.